The Bertz CT molecular complexity index is 860. The lowest BCUT2D eigenvalue weighted by molar-refractivity contribution is 0.0953. The van der Waals surface area contributed by atoms with E-state index >= 15 is 0 Å². The first-order valence-corrected chi connectivity index (χ1v) is 7.57. The topological polar surface area (TPSA) is 59.8 Å². The molecule has 0 saturated carbocycles. The van der Waals surface area contributed by atoms with Crippen LogP contribution in [0.2, 0.25) is 0 Å². The van der Waals surface area contributed by atoms with Crippen LogP contribution in [0, 0.1) is 11.8 Å². The zero-order valence-corrected chi connectivity index (χ0v) is 13.0. The first-order chi connectivity index (χ1) is 11.8. The summed E-state index contributed by atoms with van der Waals surface area (Å²) in [6, 6.07) is 19.5. The van der Waals surface area contributed by atoms with E-state index in [1.807, 2.05) is 60.7 Å². The number of amides is 1. The van der Waals surface area contributed by atoms with Gasteiger partial charge in [0.25, 0.3) is 5.91 Å². The van der Waals surface area contributed by atoms with E-state index in [1.54, 1.807) is 10.9 Å². The van der Waals surface area contributed by atoms with Crippen molar-refractivity contribution in [3.8, 4) is 11.8 Å². The Morgan fingerprint density at radius 1 is 1.04 bits per heavy atom. The highest BCUT2D eigenvalue weighted by atomic mass is 16.1. The summed E-state index contributed by atoms with van der Waals surface area (Å²) in [6.45, 7) is 0.841. The van der Waals surface area contributed by atoms with Crippen molar-refractivity contribution in [3.05, 3.63) is 83.7 Å². The van der Waals surface area contributed by atoms with Crippen LogP contribution in [0.5, 0.6) is 0 Å². The van der Waals surface area contributed by atoms with Crippen LogP contribution in [0.1, 0.15) is 21.6 Å². The molecule has 2 aromatic carbocycles. The van der Waals surface area contributed by atoms with Gasteiger partial charge < -0.3 is 5.32 Å². The molecule has 0 aliphatic heterocycles. The molecule has 0 fully saturated rings. The third kappa shape index (κ3) is 4.31. The van der Waals surface area contributed by atoms with Crippen LogP contribution in [0.15, 0.2) is 66.9 Å². The second kappa shape index (κ2) is 7.75. The minimum Gasteiger partial charge on any atom is -0.340 e. The molecule has 118 valence electrons. The van der Waals surface area contributed by atoms with Crippen molar-refractivity contribution in [1.82, 2.24) is 20.3 Å². The maximum Gasteiger partial charge on any atom is 0.274 e. The Morgan fingerprint density at radius 2 is 1.75 bits per heavy atom. The van der Waals surface area contributed by atoms with Crippen LogP contribution in [0.25, 0.3) is 0 Å². The number of nitrogens with zero attached hydrogens (tertiary/aromatic N) is 3. The summed E-state index contributed by atoms with van der Waals surface area (Å²) in [5.41, 5.74) is 2.30. The van der Waals surface area contributed by atoms with Gasteiger partial charge in [-0.3, -0.25) is 4.79 Å². The minimum atomic E-state index is -0.281. The zero-order valence-electron chi connectivity index (χ0n) is 13.0. The molecule has 0 saturated heterocycles. The van der Waals surface area contributed by atoms with Gasteiger partial charge in [0.15, 0.2) is 5.69 Å². The van der Waals surface area contributed by atoms with E-state index in [4.69, 9.17) is 0 Å². The molecule has 0 atom stereocenters. The summed E-state index contributed by atoms with van der Waals surface area (Å²) < 4.78 is 1.64. The fourth-order valence-electron chi connectivity index (χ4n) is 2.13. The fourth-order valence-corrected chi connectivity index (χ4v) is 2.13. The van der Waals surface area contributed by atoms with Gasteiger partial charge in [-0.25, -0.2) is 4.68 Å². The Balaban J connectivity index is 1.53. The van der Waals surface area contributed by atoms with Gasteiger partial charge in [0, 0.05) is 5.56 Å². The molecule has 24 heavy (non-hydrogen) atoms. The summed E-state index contributed by atoms with van der Waals surface area (Å²) in [5, 5.41) is 10.6. The molecule has 0 aliphatic carbocycles. The van der Waals surface area contributed by atoms with E-state index in [-0.39, 0.29) is 18.1 Å². The molecular formula is C19H16N4O. The van der Waals surface area contributed by atoms with Crippen molar-refractivity contribution >= 4 is 5.91 Å². The van der Waals surface area contributed by atoms with Gasteiger partial charge in [0.2, 0.25) is 0 Å². The summed E-state index contributed by atoms with van der Waals surface area (Å²) in [4.78, 5) is 12.0. The molecule has 1 amide bonds. The molecule has 5 nitrogen and oxygen atoms in total. The van der Waals surface area contributed by atoms with Crippen molar-refractivity contribution in [2.45, 2.75) is 6.54 Å². The zero-order chi connectivity index (χ0) is 16.6. The molecule has 0 bridgehead atoms. The smallest absolute Gasteiger partial charge is 0.274 e. The minimum absolute atomic E-state index is 0.263. The number of hydrogen-bond acceptors (Lipinski definition) is 3. The van der Waals surface area contributed by atoms with Crippen molar-refractivity contribution in [2.24, 2.45) is 0 Å². The third-order valence-corrected chi connectivity index (χ3v) is 3.30. The summed E-state index contributed by atoms with van der Waals surface area (Å²) in [6.07, 6.45) is 1.63. The predicted octanol–water partition coefficient (Wildman–Crippen LogP) is 2.11. The molecule has 1 N–H and O–H groups in total. The van der Waals surface area contributed by atoms with E-state index in [0.717, 1.165) is 11.1 Å². The molecule has 3 aromatic rings. The first kappa shape index (κ1) is 15.5. The number of benzene rings is 2. The monoisotopic (exact) mass is 316 g/mol. The maximum absolute atomic E-state index is 12.0. The second-order valence-corrected chi connectivity index (χ2v) is 5.14. The Labute approximate surface area is 140 Å². The van der Waals surface area contributed by atoms with E-state index in [2.05, 4.69) is 27.5 Å². The lowest BCUT2D eigenvalue weighted by Crippen LogP contribution is -2.24. The highest BCUT2D eigenvalue weighted by Crippen LogP contribution is 2.02. The van der Waals surface area contributed by atoms with Gasteiger partial charge in [-0.15, -0.1) is 5.10 Å². The summed E-state index contributed by atoms with van der Waals surface area (Å²) in [5.74, 6) is 5.61. The number of carbonyl (C=O) groups is 1. The molecular weight excluding hydrogens is 300 g/mol. The molecule has 5 heteroatoms. The van der Waals surface area contributed by atoms with Crippen molar-refractivity contribution in [2.75, 3.05) is 6.54 Å². The predicted molar refractivity (Wildman–Crippen MR) is 91.2 cm³/mol. The number of carbonyl (C=O) groups excluding carboxylic acids is 1. The molecule has 3 rings (SSSR count). The van der Waals surface area contributed by atoms with Crippen LogP contribution in [-0.4, -0.2) is 27.4 Å². The Kier molecular flexibility index (Phi) is 5.00. The van der Waals surface area contributed by atoms with E-state index in [9.17, 15) is 4.79 Å². The normalized spacial score (nSPS) is 9.83. The highest BCUT2D eigenvalue weighted by Gasteiger charge is 2.09. The van der Waals surface area contributed by atoms with Crippen molar-refractivity contribution in [3.63, 3.8) is 0 Å². The fraction of sp³-hybridized carbons (Fsp3) is 0.105. The largest absolute Gasteiger partial charge is 0.340 e. The van der Waals surface area contributed by atoms with Crippen LogP contribution in [0.3, 0.4) is 0 Å². The number of rotatable bonds is 4. The SMILES string of the molecule is O=C(NCC#Cc1ccccc1)c1cn(Cc2ccccc2)nn1. The van der Waals surface area contributed by atoms with Gasteiger partial charge in [-0.05, 0) is 17.7 Å². The number of hydrogen-bond donors (Lipinski definition) is 1. The second-order valence-electron chi connectivity index (χ2n) is 5.14. The van der Waals surface area contributed by atoms with Gasteiger partial charge in [-0.1, -0.05) is 65.6 Å². The van der Waals surface area contributed by atoms with Crippen LogP contribution in [-0.2, 0) is 6.54 Å². The van der Waals surface area contributed by atoms with E-state index < -0.39 is 0 Å². The standard InChI is InChI=1S/C19H16N4O/c24-19(20-13-7-12-16-8-3-1-4-9-16)18-15-23(22-21-18)14-17-10-5-2-6-11-17/h1-6,8-11,15H,13-14H2,(H,20,24). The summed E-state index contributed by atoms with van der Waals surface area (Å²) >= 11 is 0. The molecule has 0 aliphatic rings. The van der Waals surface area contributed by atoms with Gasteiger partial charge in [-0.2, -0.15) is 0 Å². The van der Waals surface area contributed by atoms with E-state index in [1.165, 1.54) is 0 Å². The van der Waals surface area contributed by atoms with Crippen LogP contribution >= 0.6 is 0 Å². The summed E-state index contributed by atoms with van der Waals surface area (Å²) in [7, 11) is 0. The van der Waals surface area contributed by atoms with Gasteiger partial charge in [0.05, 0.1) is 19.3 Å². The molecule has 0 radical (unpaired) electrons. The number of nitrogens with one attached hydrogen (secondary N) is 1. The Morgan fingerprint density at radius 3 is 2.50 bits per heavy atom. The Hall–Kier alpha value is -3.39. The van der Waals surface area contributed by atoms with Crippen molar-refractivity contribution < 1.29 is 4.79 Å². The van der Waals surface area contributed by atoms with E-state index in [0.29, 0.717) is 6.54 Å². The molecule has 1 heterocycles. The molecule has 0 spiro atoms. The first-order valence-electron chi connectivity index (χ1n) is 7.57. The number of aromatic nitrogens is 3. The van der Waals surface area contributed by atoms with Crippen LogP contribution < -0.4 is 5.32 Å². The lowest BCUT2D eigenvalue weighted by Gasteiger charge is -1.99. The quantitative estimate of drug-likeness (QED) is 0.750. The molecule has 0 unspecified atom stereocenters. The maximum atomic E-state index is 12.0. The van der Waals surface area contributed by atoms with Gasteiger partial charge >= 0.3 is 0 Å². The lowest BCUT2D eigenvalue weighted by atomic mass is 10.2. The average Bonchev–Trinajstić information content (AvgIpc) is 3.09. The third-order valence-electron chi connectivity index (χ3n) is 3.30. The van der Waals surface area contributed by atoms with Gasteiger partial charge in [0.1, 0.15) is 0 Å². The highest BCUT2D eigenvalue weighted by molar-refractivity contribution is 5.91. The molecule has 1 aromatic heterocycles. The van der Waals surface area contributed by atoms with Crippen LogP contribution in [0.4, 0.5) is 0 Å². The van der Waals surface area contributed by atoms with Crippen molar-refractivity contribution in [1.29, 1.82) is 0 Å². The average molecular weight is 316 g/mol.